The zero-order chi connectivity index (χ0) is 22.3. The molecule has 0 saturated carbocycles. The van der Waals surface area contributed by atoms with Crippen LogP contribution in [0, 0.1) is 0 Å². The number of anilines is 1. The molecule has 7 nitrogen and oxygen atoms in total. The maximum Gasteiger partial charge on any atom is 0.270 e. The number of nitrogens with one attached hydrogen (secondary N) is 1. The van der Waals surface area contributed by atoms with Gasteiger partial charge in [-0.05, 0) is 23.3 Å². The minimum atomic E-state index is -0.435. The topological polar surface area (TPSA) is 91.6 Å². The van der Waals surface area contributed by atoms with Gasteiger partial charge >= 0.3 is 0 Å². The first-order chi connectivity index (χ1) is 15.6. The number of nitrogens with two attached hydrogens (primary N) is 1. The van der Waals surface area contributed by atoms with E-state index in [4.69, 9.17) is 5.73 Å². The first-order valence-corrected chi connectivity index (χ1v) is 10.7. The Balaban J connectivity index is 1.38. The Morgan fingerprint density at radius 3 is 2.25 bits per heavy atom. The molecule has 2 aromatic carbocycles. The van der Waals surface area contributed by atoms with Crippen LogP contribution in [-0.4, -0.2) is 47.9 Å². The van der Waals surface area contributed by atoms with Crippen LogP contribution in [0.1, 0.15) is 27.7 Å². The third-order valence-electron chi connectivity index (χ3n) is 5.70. The van der Waals surface area contributed by atoms with Crippen molar-refractivity contribution in [2.75, 3.05) is 31.1 Å². The maximum absolute atomic E-state index is 12.6. The quantitative estimate of drug-likeness (QED) is 0.602. The van der Waals surface area contributed by atoms with Gasteiger partial charge in [-0.15, -0.1) is 0 Å². The molecule has 4 rings (SSSR count). The van der Waals surface area contributed by atoms with Crippen LogP contribution >= 0.6 is 0 Å². The van der Waals surface area contributed by atoms with Gasteiger partial charge in [0.15, 0.2) is 0 Å². The first kappa shape index (κ1) is 21.5. The van der Waals surface area contributed by atoms with Crippen LogP contribution in [0.4, 0.5) is 5.69 Å². The van der Waals surface area contributed by atoms with E-state index in [2.05, 4.69) is 20.1 Å². The van der Waals surface area contributed by atoms with E-state index in [0.29, 0.717) is 25.3 Å². The Kier molecular flexibility index (Phi) is 6.77. The second kappa shape index (κ2) is 10.1. The zero-order valence-corrected chi connectivity index (χ0v) is 17.9. The fourth-order valence-corrected chi connectivity index (χ4v) is 4.04. The van der Waals surface area contributed by atoms with Crippen molar-refractivity contribution >= 4 is 17.5 Å². The highest BCUT2D eigenvalue weighted by atomic mass is 16.2. The number of carbonyl (C=O) groups excluding carboxylic acids is 2. The number of nitrogens with zero attached hydrogens (tertiary/aromatic N) is 3. The van der Waals surface area contributed by atoms with Crippen molar-refractivity contribution in [3.8, 4) is 0 Å². The molecular formula is C25H27N5O2. The fourth-order valence-electron chi connectivity index (χ4n) is 4.04. The summed E-state index contributed by atoms with van der Waals surface area (Å²) in [5.41, 5.74) is 9.00. The molecule has 2 amide bonds. The Morgan fingerprint density at radius 2 is 1.59 bits per heavy atom. The summed E-state index contributed by atoms with van der Waals surface area (Å²) in [6.07, 6.45) is 1.66. The molecule has 1 saturated heterocycles. The Hall–Kier alpha value is -3.71. The standard InChI is InChI=1S/C25H27N5O2/c26-24(31)23(20-9-5-2-6-10-20)30-15-13-29(14-16-30)21-11-12-27-22(17-21)25(32)28-18-19-7-3-1-4-8-19/h1-12,17,23H,13-16,18H2,(H2,26,31)(H,28,32). The summed E-state index contributed by atoms with van der Waals surface area (Å²) in [4.78, 5) is 33.3. The van der Waals surface area contributed by atoms with Gasteiger partial charge in [0, 0.05) is 44.6 Å². The average Bonchev–Trinajstić information content (AvgIpc) is 2.84. The fraction of sp³-hybridized carbons (Fsp3) is 0.240. The summed E-state index contributed by atoms with van der Waals surface area (Å²) in [6.45, 7) is 3.30. The molecular weight excluding hydrogens is 402 g/mol. The lowest BCUT2D eigenvalue weighted by Crippen LogP contribution is -2.50. The van der Waals surface area contributed by atoms with E-state index in [9.17, 15) is 9.59 Å². The lowest BCUT2D eigenvalue weighted by Gasteiger charge is -2.39. The van der Waals surface area contributed by atoms with E-state index in [1.54, 1.807) is 6.20 Å². The largest absolute Gasteiger partial charge is 0.369 e. The molecule has 164 valence electrons. The molecule has 1 fully saturated rings. The maximum atomic E-state index is 12.6. The summed E-state index contributed by atoms with van der Waals surface area (Å²) in [6, 6.07) is 22.7. The number of rotatable bonds is 7. The van der Waals surface area contributed by atoms with E-state index in [0.717, 1.165) is 29.9 Å². The van der Waals surface area contributed by atoms with Crippen LogP contribution in [0.5, 0.6) is 0 Å². The normalized spacial score (nSPS) is 15.2. The van der Waals surface area contributed by atoms with E-state index in [1.165, 1.54) is 0 Å². The SMILES string of the molecule is NC(=O)C(c1ccccc1)N1CCN(c2ccnc(C(=O)NCc3ccccc3)c2)CC1. The molecule has 0 radical (unpaired) electrons. The van der Waals surface area contributed by atoms with Crippen molar-refractivity contribution in [3.63, 3.8) is 0 Å². The molecule has 2 heterocycles. The Labute approximate surface area is 187 Å². The van der Waals surface area contributed by atoms with Crippen LogP contribution in [-0.2, 0) is 11.3 Å². The number of hydrogen-bond acceptors (Lipinski definition) is 5. The number of primary amides is 1. The third-order valence-corrected chi connectivity index (χ3v) is 5.70. The first-order valence-electron chi connectivity index (χ1n) is 10.7. The average molecular weight is 430 g/mol. The van der Waals surface area contributed by atoms with Gasteiger partial charge in [0.2, 0.25) is 5.91 Å². The molecule has 0 spiro atoms. The molecule has 1 aliphatic rings. The molecule has 0 bridgehead atoms. The second-order valence-corrected chi connectivity index (χ2v) is 7.81. The van der Waals surface area contributed by atoms with Crippen molar-refractivity contribution in [2.24, 2.45) is 5.73 Å². The number of carbonyl (C=O) groups is 2. The van der Waals surface area contributed by atoms with E-state index in [1.807, 2.05) is 72.8 Å². The van der Waals surface area contributed by atoms with E-state index >= 15 is 0 Å². The predicted octanol–water partition coefficient (Wildman–Crippen LogP) is 2.36. The minimum absolute atomic E-state index is 0.202. The molecule has 1 aliphatic heterocycles. The number of piperazine rings is 1. The number of amides is 2. The molecule has 3 N–H and O–H groups in total. The smallest absolute Gasteiger partial charge is 0.270 e. The van der Waals surface area contributed by atoms with Crippen molar-refractivity contribution < 1.29 is 9.59 Å². The monoisotopic (exact) mass is 429 g/mol. The van der Waals surface area contributed by atoms with Gasteiger partial charge in [-0.1, -0.05) is 60.7 Å². The van der Waals surface area contributed by atoms with Crippen LogP contribution in [0.15, 0.2) is 79.0 Å². The highest BCUT2D eigenvalue weighted by Crippen LogP contribution is 2.24. The van der Waals surface area contributed by atoms with Gasteiger partial charge in [-0.3, -0.25) is 19.5 Å². The van der Waals surface area contributed by atoms with Gasteiger partial charge in [0.25, 0.3) is 5.91 Å². The van der Waals surface area contributed by atoms with Crippen LogP contribution in [0.2, 0.25) is 0 Å². The lowest BCUT2D eigenvalue weighted by molar-refractivity contribution is -0.123. The van der Waals surface area contributed by atoms with Crippen molar-refractivity contribution in [1.29, 1.82) is 0 Å². The molecule has 1 unspecified atom stereocenters. The third kappa shape index (κ3) is 5.12. The Bertz CT molecular complexity index is 1050. The number of aromatic nitrogens is 1. The van der Waals surface area contributed by atoms with Gasteiger partial charge < -0.3 is 16.0 Å². The van der Waals surface area contributed by atoms with Crippen LogP contribution in [0.25, 0.3) is 0 Å². The summed E-state index contributed by atoms with van der Waals surface area (Å²) in [5, 5.41) is 2.92. The molecule has 1 aromatic heterocycles. The number of benzene rings is 2. The molecule has 32 heavy (non-hydrogen) atoms. The van der Waals surface area contributed by atoms with Gasteiger partial charge in [-0.2, -0.15) is 0 Å². The number of pyridine rings is 1. The second-order valence-electron chi connectivity index (χ2n) is 7.81. The summed E-state index contributed by atoms with van der Waals surface area (Å²) in [7, 11) is 0. The van der Waals surface area contributed by atoms with Gasteiger partial charge in [-0.25, -0.2) is 0 Å². The highest BCUT2D eigenvalue weighted by Gasteiger charge is 2.29. The van der Waals surface area contributed by atoms with Gasteiger partial charge in [0.05, 0.1) is 0 Å². The summed E-state index contributed by atoms with van der Waals surface area (Å²) in [5.74, 6) is -0.543. The molecule has 3 aromatic rings. The van der Waals surface area contributed by atoms with Crippen LogP contribution < -0.4 is 16.0 Å². The minimum Gasteiger partial charge on any atom is -0.369 e. The summed E-state index contributed by atoms with van der Waals surface area (Å²) < 4.78 is 0. The molecule has 0 aliphatic carbocycles. The lowest BCUT2D eigenvalue weighted by atomic mass is 10.0. The molecule has 7 heteroatoms. The van der Waals surface area contributed by atoms with E-state index < -0.39 is 6.04 Å². The van der Waals surface area contributed by atoms with Gasteiger partial charge in [0.1, 0.15) is 11.7 Å². The van der Waals surface area contributed by atoms with E-state index in [-0.39, 0.29) is 11.8 Å². The van der Waals surface area contributed by atoms with Crippen LogP contribution in [0.3, 0.4) is 0 Å². The van der Waals surface area contributed by atoms with Crippen molar-refractivity contribution in [2.45, 2.75) is 12.6 Å². The Morgan fingerprint density at radius 1 is 0.938 bits per heavy atom. The van der Waals surface area contributed by atoms with Crippen molar-refractivity contribution in [1.82, 2.24) is 15.2 Å². The predicted molar refractivity (Wildman–Crippen MR) is 124 cm³/mol. The molecule has 1 atom stereocenters. The number of hydrogen-bond donors (Lipinski definition) is 2. The van der Waals surface area contributed by atoms with Crippen molar-refractivity contribution in [3.05, 3.63) is 95.8 Å². The zero-order valence-electron chi connectivity index (χ0n) is 17.9. The highest BCUT2D eigenvalue weighted by molar-refractivity contribution is 5.93. The summed E-state index contributed by atoms with van der Waals surface area (Å²) >= 11 is 0.